The van der Waals surface area contributed by atoms with Crippen LogP contribution >= 0.6 is 15.9 Å². The molecule has 66 valence electrons. The molecular weight excluding hydrogens is 212 g/mol. The molecule has 0 bridgehead atoms. The number of hydrogen-bond donors (Lipinski definition) is 0. The lowest BCUT2D eigenvalue weighted by molar-refractivity contribution is -0.140. The van der Waals surface area contributed by atoms with Gasteiger partial charge in [-0.05, 0) is 13.3 Å². The van der Waals surface area contributed by atoms with Crippen molar-refractivity contribution >= 4 is 21.9 Å². The van der Waals surface area contributed by atoms with Gasteiger partial charge in [-0.3, -0.25) is 4.79 Å². The maximum Gasteiger partial charge on any atom is 0.319 e. The van der Waals surface area contributed by atoms with Gasteiger partial charge in [-0.25, -0.2) is 0 Å². The number of carbonyl (C=O) groups excluding carboxylic acids is 1. The minimum Gasteiger partial charge on any atom is -0.468 e. The molecule has 0 fully saturated rings. The third-order valence-corrected chi connectivity index (χ3v) is 2.15. The molecule has 0 aliphatic carbocycles. The highest BCUT2D eigenvalue weighted by Crippen LogP contribution is 2.11. The highest BCUT2D eigenvalue weighted by atomic mass is 79.9. The summed E-state index contributed by atoms with van der Waals surface area (Å²) < 4.78 is 9.49. The molecule has 3 nitrogen and oxygen atoms in total. The first kappa shape index (κ1) is 10.9. The Bertz CT molecular complexity index is 127. The first-order valence-corrected chi connectivity index (χ1v) is 4.28. The van der Waals surface area contributed by atoms with Gasteiger partial charge in [0.1, 0.15) is 4.83 Å². The van der Waals surface area contributed by atoms with Crippen LogP contribution in [-0.4, -0.2) is 31.1 Å². The van der Waals surface area contributed by atoms with Gasteiger partial charge in [0.25, 0.3) is 0 Å². The summed E-state index contributed by atoms with van der Waals surface area (Å²) >= 11 is 3.19. The Balaban J connectivity index is 3.67. The molecule has 0 rings (SSSR count). The van der Waals surface area contributed by atoms with Crippen LogP contribution in [0, 0.1) is 0 Å². The number of alkyl halides is 1. The zero-order valence-corrected chi connectivity index (χ0v) is 8.55. The molecule has 0 saturated carbocycles. The molecule has 0 aromatic carbocycles. The van der Waals surface area contributed by atoms with Crippen LogP contribution in [0.4, 0.5) is 0 Å². The Hall–Kier alpha value is -0.0900. The number of rotatable bonds is 4. The predicted molar refractivity (Wildman–Crippen MR) is 45.8 cm³/mol. The summed E-state index contributed by atoms with van der Waals surface area (Å²) in [5, 5.41) is 0. The fraction of sp³-hybridized carbons (Fsp3) is 0.857. The molecular formula is C7H13BrO3. The van der Waals surface area contributed by atoms with E-state index in [9.17, 15) is 4.79 Å². The van der Waals surface area contributed by atoms with Crippen LogP contribution in [0.5, 0.6) is 0 Å². The van der Waals surface area contributed by atoms with Crippen LogP contribution in [0.1, 0.15) is 13.3 Å². The summed E-state index contributed by atoms with van der Waals surface area (Å²) in [5.74, 6) is -0.256. The third-order valence-electron chi connectivity index (χ3n) is 1.40. The van der Waals surface area contributed by atoms with Crippen molar-refractivity contribution in [1.29, 1.82) is 0 Å². The minimum atomic E-state index is -0.262. The fourth-order valence-electron chi connectivity index (χ4n) is 0.612. The zero-order chi connectivity index (χ0) is 8.85. The van der Waals surface area contributed by atoms with Gasteiger partial charge in [0.2, 0.25) is 0 Å². The first-order valence-electron chi connectivity index (χ1n) is 3.36. The Morgan fingerprint density at radius 2 is 2.09 bits per heavy atom. The van der Waals surface area contributed by atoms with Crippen molar-refractivity contribution in [2.45, 2.75) is 24.3 Å². The Labute approximate surface area is 75.2 Å². The van der Waals surface area contributed by atoms with Crippen molar-refractivity contribution in [2.75, 3.05) is 14.2 Å². The van der Waals surface area contributed by atoms with E-state index in [4.69, 9.17) is 4.74 Å². The van der Waals surface area contributed by atoms with Crippen LogP contribution in [-0.2, 0) is 14.3 Å². The molecule has 0 N–H and O–H groups in total. The van der Waals surface area contributed by atoms with Gasteiger partial charge in [0.15, 0.2) is 0 Å². The van der Waals surface area contributed by atoms with E-state index in [-0.39, 0.29) is 16.9 Å². The molecule has 0 radical (unpaired) electrons. The summed E-state index contributed by atoms with van der Waals surface area (Å²) in [4.78, 5) is 10.6. The van der Waals surface area contributed by atoms with Crippen LogP contribution in [0.15, 0.2) is 0 Å². The van der Waals surface area contributed by atoms with E-state index in [1.807, 2.05) is 6.92 Å². The molecule has 0 amide bonds. The number of methoxy groups -OCH3 is 2. The average Bonchev–Trinajstić information content (AvgIpc) is 2.02. The normalized spacial score (nSPS) is 15.6. The highest BCUT2D eigenvalue weighted by Gasteiger charge is 2.17. The summed E-state index contributed by atoms with van der Waals surface area (Å²) in [7, 11) is 2.98. The van der Waals surface area contributed by atoms with Crippen molar-refractivity contribution < 1.29 is 14.3 Å². The van der Waals surface area contributed by atoms with Gasteiger partial charge in [-0.2, -0.15) is 0 Å². The minimum absolute atomic E-state index is 0.0680. The highest BCUT2D eigenvalue weighted by molar-refractivity contribution is 9.10. The van der Waals surface area contributed by atoms with E-state index >= 15 is 0 Å². The topological polar surface area (TPSA) is 35.5 Å². The molecule has 11 heavy (non-hydrogen) atoms. The van der Waals surface area contributed by atoms with E-state index in [0.29, 0.717) is 6.42 Å². The lowest BCUT2D eigenvalue weighted by atomic mass is 10.2. The number of carbonyl (C=O) groups is 1. The molecule has 1 unspecified atom stereocenters. The predicted octanol–water partition coefficient (Wildman–Crippen LogP) is 1.35. The second kappa shape index (κ2) is 5.55. The zero-order valence-electron chi connectivity index (χ0n) is 6.96. The van der Waals surface area contributed by atoms with Crippen molar-refractivity contribution in [2.24, 2.45) is 0 Å². The molecule has 0 aromatic rings. The lowest BCUT2D eigenvalue weighted by Crippen LogP contribution is -2.21. The van der Waals surface area contributed by atoms with Crippen LogP contribution in [0.25, 0.3) is 0 Å². The molecule has 0 saturated heterocycles. The third kappa shape index (κ3) is 4.37. The van der Waals surface area contributed by atoms with E-state index in [2.05, 4.69) is 20.7 Å². The fourth-order valence-corrected chi connectivity index (χ4v) is 1.33. The van der Waals surface area contributed by atoms with Gasteiger partial charge >= 0.3 is 5.97 Å². The van der Waals surface area contributed by atoms with Crippen molar-refractivity contribution in [1.82, 2.24) is 0 Å². The maximum atomic E-state index is 10.8. The van der Waals surface area contributed by atoms with Crippen LogP contribution < -0.4 is 0 Å². The molecule has 0 aliphatic heterocycles. The molecule has 0 heterocycles. The molecule has 2 atom stereocenters. The molecule has 0 aliphatic rings. The molecule has 4 heteroatoms. The number of esters is 1. The summed E-state index contributed by atoms with van der Waals surface area (Å²) in [6.07, 6.45) is 0.696. The smallest absolute Gasteiger partial charge is 0.319 e. The first-order chi connectivity index (χ1) is 5.11. The second-order valence-corrected chi connectivity index (χ2v) is 3.38. The Kier molecular flexibility index (Phi) is 5.50. The summed E-state index contributed by atoms with van der Waals surface area (Å²) in [5.41, 5.74) is 0. The van der Waals surface area contributed by atoms with Gasteiger partial charge in [0.05, 0.1) is 13.2 Å². The van der Waals surface area contributed by atoms with Gasteiger partial charge in [0, 0.05) is 7.11 Å². The maximum absolute atomic E-state index is 10.8. The Morgan fingerprint density at radius 3 is 2.45 bits per heavy atom. The second-order valence-electron chi connectivity index (χ2n) is 2.27. The van der Waals surface area contributed by atoms with E-state index in [1.165, 1.54) is 7.11 Å². The number of hydrogen-bond acceptors (Lipinski definition) is 3. The van der Waals surface area contributed by atoms with Gasteiger partial charge < -0.3 is 9.47 Å². The summed E-state index contributed by atoms with van der Waals surface area (Å²) in [6, 6.07) is 0. The van der Waals surface area contributed by atoms with Crippen molar-refractivity contribution in [3.63, 3.8) is 0 Å². The number of ether oxygens (including phenoxy) is 2. The van der Waals surface area contributed by atoms with Crippen molar-refractivity contribution in [3.8, 4) is 0 Å². The number of halogens is 1. The Morgan fingerprint density at radius 1 is 1.55 bits per heavy atom. The van der Waals surface area contributed by atoms with Gasteiger partial charge in [-0.15, -0.1) is 0 Å². The molecule has 0 aromatic heterocycles. The van der Waals surface area contributed by atoms with Crippen LogP contribution in [0.2, 0.25) is 0 Å². The van der Waals surface area contributed by atoms with E-state index < -0.39 is 0 Å². The standard InChI is InChI=1S/C7H13BrO3/c1-5(10-2)4-6(8)7(9)11-3/h5-6H,4H2,1-3H3/t5-,6?/m0/s1. The largest absolute Gasteiger partial charge is 0.468 e. The van der Waals surface area contributed by atoms with E-state index in [1.54, 1.807) is 7.11 Å². The monoisotopic (exact) mass is 224 g/mol. The quantitative estimate of drug-likeness (QED) is 0.535. The lowest BCUT2D eigenvalue weighted by Gasteiger charge is -2.12. The molecule has 0 spiro atoms. The average molecular weight is 225 g/mol. The van der Waals surface area contributed by atoms with Crippen LogP contribution in [0.3, 0.4) is 0 Å². The van der Waals surface area contributed by atoms with Gasteiger partial charge in [-0.1, -0.05) is 15.9 Å². The SMILES string of the molecule is COC(=O)C(Br)C[C@H](C)OC. The van der Waals surface area contributed by atoms with E-state index in [0.717, 1.165) is 0 Å². The van der Waals surface area contributed by atoms with Crippen molar-refractivity contribution in [3.05, 3.63) is 0 Å². The summed E-state index contributed by atoms with van der Waals surface area (Å²) in [6.45, 7) is 1.90.